The van der Waals surface area contributed by atoms with E-state index in [0.29, 0.717) is 6.54 Å². The summed E-state index contributed by atoms with van der Waals surface area (Å²) in [7, 11) is 1.75. The number of nitrogens with zero attached hydrogens (tertiary/aromatic N) is 1. The molecule has 1 amide bonds. The lowest BCUT2D eigenvalue weighted by atomic mass is 10.1. The molecule has 1 aromatic carbocycles. The van der Waals surface area contributed by atoms with Crippen molar-refractivity contribution in [1.29, 1.82) is 0 Å². The maximum atomic E-state index is 12.0. The molecule has 0 aromatic heterocycles. The predicted octanol–water partition coefficient (Wildman–Crippen LogP) is 3.38. The molecular formula is C19H33IN4O2. The fourth-order valence-electron chi connectivity index (χ4n) is 2.14. The van der Waals surface area contributed by atoms with Crippen molar-refractivity contribution in [2.75, 3.05) is 32.1 Å². The van der Waals surface area contributed by atoms with Gasteiger partial charge in [-0.05, 0) is 37.5 Å². The summed E-state index contributed by atoms with van der Waals surface area (Å²) in [4.78, 5) is 16.2. The second-order valence-corrected chi connectivity index (χ2v) is 5.90. The maximum absolute atomic E-state index is 12.0. The Morgan fingerprint density at radius 2 is 2.04 bits per heavy atom. The van der Waals surface area contributed by atoms with E-state index in [0.717, 1.165) is 49.8 Å². The van der Waals surface area contributed by atoms with Crippen LogP contribution in [0.15, 0.2) is 29.3 Å². The number of anilines is 1. The van der Waals surface area contributed by atoms with E-state index in [1.54, 1.807) is 7.05 Å². The van der Waals surface area contributed by atoms with Crippen molar-refractivity contribution in [3.05, 3.63) is 29.8 Å². The molecule has 0 aliphatic heterocycles. The largest absolute Gasteiger partial charge is 0.382 e. The van der Waals surface area contributed by atoms with Crippen LogP contribution in [0.25, 0.3) is 0 Å². The normalized spacial score (nSPS) is 12.1. The van der Waals surface area contributed by atoms with E-state index in [4.69, 9.17) is 4.74 Å². The highest BCUT2D eigenvalue weighted by atomic mass is 127. The molecule has 1 atom stereocenters. The zero-order chi connectivity index (χ0) is 18.5. The third kappa shape index (κ3) is 9.96. The molecule has 26 heavy (non-hydrogen) atoms. The first-order valence-electron chi connectivity index (χ1n) is 9.02. The van der Waals surface area contributed by atoms with E-state index in [9.17, 15) is 4.79 Å². The van der Waals surface area contributed by atoms with E-state index in [1.165, 1.54) is 0 Å². The molecule has 0 saturated heterocycles. The van der Waals surface area contributed by atoms with Crippen molar-refractivity contribution in [3.63, 3.8) is 0 Å². The van der Waals surface area contributed by atoms with Gasteiger partial charge in [0.25, 0.3) is 0 Å². The number of guanidine groups is 1. The molecule has 1 aromatic rings. The number of carbonyl (C=O) groups excluding carboxylic acids is 1. The smallest absolute Gasteiger partial charge is 0.227 e. The number of rotatable bonds is 10. The van der Waals surface area contributed by atoms with Crippen LogP contribution in [0, 0.1) is 5.92 Å². The Bertz CT molecular complexity index is 552. The highest BCUT2D eigenvalue weighted by Crippen LogP contribution is 2.13. The first kappa shape index (κ1) is 24.7. The number of halogens is 1. The van der Waals surface area contributed by atoms with Crippen molar-refractivity contribution >= 4 is 41.5 Å². The molecule has 6 nitrogen and oxygen atoms in total. The van der Waals surface area contributed by atoms with Crippen molar-refractivity contribution in [2.45, 2.75) is 40.2 Å². The Kier molecular flexibility index (Phi) is 14.0. The van der Waals surface area contributed by atoms with Gasteiger partial charge in [-0.2, -0.15) is 0 Å². The van der Waals surface area contributed by atoms with Gasteiger partial charge in [-0.15, -0.1) is 24.0 Å². The second kappa shape index (κ2) is 14.8. The number of benzene rings is 1. The summed E-state index contributed by atoms with van der Waals surface area (Å²) in [6.07, 6.45) is 1.77. The zero-order valence-corrected chi connectivity index (χ0v) is 18.6. The molecule has 3 N–H and O–H groups in total. The number of carbonyl (C=O) groups is 1. The predicted molar refractivity (Wildman–Crippen MR) is 119 cm³/mol. The minimum absolute atomic E-state index is 0. The van der Waals surface area contributed by atoms with Gasteiger partial charge in [0.1, 0.15) is 0 Å². The van der Waals surface area contributed by atoms with Crippen LogP contribution in [0.2, 0.25) is 0 Å². The molecule has 0 bridgehead atoms. The molecule has 0 saturated carbocycles. The van der Waals surface area contributed by atoms with Crippen LogP contribution in [-0.2, 0) is 16.1 Å². The van der Waals surface area contributed by atoms with Crippen molar-refractivity contribution in [3.8, 4) is 0 Å². The van der Waals surface area contributed by atoms with Gasteiger partial charge >= 0.3 is 0 Å². The van der Waals surface area contributed by atoms with Crippen molar-refractivity contribution in [2.24, 2.45) is 10.9 Å². The second-order valence-electron chi connectivity index (χ2n) is 5.90. The summed E-state index contributed by atoms with van der Waals surface area (Å²) in [5.74, 6) is 0.825. The molecule has 0 aliphatic carbocycles. The van der Waals surface area contributed by atoms with Gasteiger partial charge in [0.05, 0.1) is 0 Å². The summed E-state index contributed by atoms with van der Waals surface area (Å²) >= 11 is 0. The Labute approximate surface area is 174 Å². The van der Waals surface area contributed by atoms with Crippen LogP contribution >= 0.6 is 24.0 Å². The van der Waals surface area contributed by atoms with Gasteiger partial charge in [-0.25, -0.2) is 0 Å². The fraction of sp³-hybridized carbons (Fsp3) is 0.579. The first-order valence-corrected chi connectivity index (χ1v) is 9.02. The van der Waals surface area contributed by atoms with Crippen LogP contribution in [0.3, 0.4) is 0 Å². The van der Waals surface area contributed by atoms with Crippen LogP contribution in [0.4, 0.5) is 5.69 Å². The summed E-state index contributed by atoms with van der Waals surface area (Å²) in [5.41, 5.74) is 1.91. The molecule has 0 fully saturated rings. The maximum Gasteiger partial charge on any atom is 0.227 e. The highest BCUT2D eigenvalue weighted by molar-refractivity contribution is 14.0. The number of ether oxygens (including phenoxy) is 1. The summed E-state index contributed by atoms with van der Waals surface area (Å²) in [6, 6.07) is 7.86. The topological polar surface area (TPSA) is 74.8 Å². The Hall–Kier alpha value is -1.35. The average molecular weight is 476 g/mol. The number of hydrogen-bond donors (Lipinski definition) is 3. The van der Waals surface area contributed by atoms with E-state index in [2.05, 4.69) is 20.9 Å². The van der Waals surface area contributed by atoms with E-state index in [-0.39, 0.29) is 35.8 Å². The minimum atomic E-state index is 0. The Balaban J connectivity index is 0.00000625. The minimum Gasteiger partial charge on any atom is -0.382 e. The first-order chi connectivity index (χ1) is 12.1. The third-order valence-electron chi connectivity index (χ3n) is 3.90. The van der Waals surface area contributed by atoms with E-state index < -0.39 is 0 Å². The SMILES string of the molecule is CCOCCCNC(=NC)NCc1cccc(NC(=O)C(C)CC)c1.I. The molecule has 0 spiro atoms. The van der Waals surface area contributed by atoms with Gasteiger partial charge in [0, 0.05) is 45.0 Å². The third-order valence-corrected chi connectivity index (χ3v) is 3.90. The van der Waals surface area contributed by atoms with Crippen LogP contribution in [0.1, 0.15) is 39.2 Å². The van der Waals surface area contributed by atoms with E-state index in [1.807, 2.05) is 45.0 Å². The molecule has 0 aliphatic rings. The van der Waals surface area contributed by atoms with Gasteiger partial charge < -0.3 is 20.7 Å². The number of hydrogen-bond acceptors (Lipinski definition) is 3. The van der Waals surface area contributed by atoms with Crippen molar-refractivity contribution in [1.82, 2.24) is 10.6 Å². The molecule has 0 radical (unpaired) electrons. The average Bonchev–Trinajstić information content (AvgIpc) is 2.63. The Morgan fingerprint density at radius 3 is 2.69 bits per heavy atom. The summed E-state index contributed by atoms with van der Waals surface area (Å²) < 4.78 is 5.31. The summed E-state index contributed by atoms with van der Waals surface area (Å²) in [6.45, 7) is 8.88. The molecule has 1 unspecified atom stereocenters. The van der Waals surface area contributed by atoms with Gasteiger partial charge in [0.2, 0.25) is 5.91 Å². The Morgan fingerprint density at radius 1 is 1.27 bits per heavy atom. The van der Waals surface area contributed by atoms with Crippen LogP contribution in [-0.4, -0.2) is 38.7 Å². The lowest BCUT2D eigenvalue weighted by Crippen LogP contribution is -2.37. The number of nitrogens with one attached hydrogen (secondary N) is 3. The fourth-order valence-corrected chi connectivity index (χ4v) is 2.14. The van der Waals surface area contributed by atoms with Crippen LogP contribution in [0.5, 0.6) is 0 Å². The molecule has 0 heterocycles. The van der Waals surface area contributed by atoms with E-state index >= 15 is 0 Å². The monoisotopic (exact) mass is 476 g/mol. The molecule has 148 valence electrons. The van der Waals surface area contributed by atoms with Gasteiger partial charge in [-0.3, -0.25) is 9.79 Å². The van der Waals surface area contributed by atoms with Crippen LogP contribution < -0.4 is 16.0 Å². The van der Waals surface area contributed by atoms with Gasteiger partial charge in [-0.1, -0.05) is 26.0 Å². The molecule has 7 heteroatoms. The molecule has 1 rings (SSSR count). The molecular weight excluding hydrogens is 443 g/mol. The van der Waals surface area contributed by atoms with Crippen molar-refractivity contribution < 1.29 is 9.53 Å². The standard InChI is InChI=1S/C19H32N4O2.HI/c1-5-15(3)18(24)23-17-10-7-9-16(13-17)14-22-19(20-4)21-11-8-12-25-6-2;/h7,9-10,13,15H,5-6,8,11-12,14H2,1-4H3,(H,23,24)(H2,20,21,22);1H. The lowest BCUT2D eigenvalue weighted by Gasteiger charge is -2.13. The highest BCUT2D eigenvalue weighted by Gasteiger charge is 2.10. The lowest BCUT2D eigenvalue weighted by molar-refractivity contribution is -0.119. The summed E-state index contributed by atoms with van der Waals surface area (Å²) in [5, 5.41) is 9.50. The quantitative estimate of drug-likeness (QED) is 0.210. The zero-order valence-electron chi connectivity index (χ0n) is 16.3. The number of amides is 1. The van der Waals surface area contributed by atoms with Gasteiger partial charge in [0.15, 0.2) is 5.96 Å². The number of aliphatic imine (C=N–C) groups is 1.